The largest absolute Gasteiger partial charge is 0.497 e. The maximum atomic E-state index is 12.8. The summed E-state index contributed by atoms with van der Waals surface area (Å²) in [4.78, 5) is 23.2. The van der Waals surface area contributed by atoms with Crippen LogP contribution in [0.2, 0.25) is 0 Å². The molecular weight excluding hydrogens is 292 g/mol. The Morgan fingerprint density at radius 3 is 3.17 bits per heavy atom. The SMILES string of the molecule is COc1cccc(NC(=O)N2C3CCC2c2cncnc2C3)c1. The average Bonchev–Trinajstić information content (AvgIpc) is 2.90. The molecule has 2 bridgehead atoms. The van der Waals surface area contributed by atoms with E-state index in [-0.39, 0.29) is 18.1 Å². The molecule has 0 saturated carbocycles. The number of amides is 2. The third-order valence-electron chi connectivity index (χ3n) is 4.67. The Morgan fingerprint density at radius 2 is 2.30 bits per heavy atom. The number of carbonyl (C=O) groups excluding carboxylic acids is 1. The summed E-state index contributed by atoms with van der Waals surface area (Å²) in [6.45, 7) is 0. The van der Waals surface area contributed by atoms with Crippen LogP contribution >= 0.6 is 0 Å². The molecule has 2 amide bonds. The van der Waals surface area contributed by atoms with E-state index in [0.717, 1.165) is 42.0 Å². The van der Waals surface area contributed by atoms with Crippen LogP contribution in [-0.2, 0) is 6.42 Å². The maximum absolute atomic E-state index is 12.8. The van der Waals surface area contributed by atoms with Gasteiger partial charge in [-0.25, -0.2) is 14.8 Å². The predicted octanol–water partition coefficient (Wildman–Crippen LogP) is 2.78. The van der Waals surface area contributed by atoms with E-state index in [1.165, 1.54) is 0 Å². The molecule has 2 aromatic rings. The van der Waals surface area contributed by atoms with Crippen molar-refractivity contribution in [1.82, 2.24) is 14.9 Å². The highest BCUT2D eigenvalue weighted by atomic mass is 16.5. The second-order valence-electron chi connectivity index (χ2n) is 5.95. The van der Waals surface area contributed by atoms with Crippen LogP contribution in [0.5, 0.6) is 5.75 Å². The standard InChI is InChI=1S/C17H18N4O2/c1-23-13-4-2-3-11(7-13)20-17(22)21-12-5-6-16(21)14-9-18-10-19-15(14)8-12/h2-4,7,9-10,12,16H,5-6,8H2,1H3,(H,20,22). The van der Waals surface area contributed by atoms with Crippen LogP contribution in [0, 0.1) is 0 Å². The molecule has 1 saturated heterocycles. The molecule has 2 unspecified atom stereocenters. The molecule has 118 valence electrons. The first kappa shape index (κ1) is 14.0. The molecule has 23 heavy (non-hydrogen) atoms. The normalized spacial score (nSPS) is 21.7. The third kappa shape index (κ3) is 2.40. The summed E-state index contributed by atoms with van der Waals surface area (Å²) in [6, 6.07) is 7.63. The maximum Gasteiger partial charge on any atom is 0.322 e. The molecule has 3 heterocycles. The number of carbonyl (C=O) groups is 1. The second kappa shape index (κ2) is 5.53. The number of ether oxygens (including phenoxy) is 1. The van der Waals surface area contributed by atoms with Crippen LogP contribution in [0.3, 0.4) is 0 Å². The first-order valence-electron chi connectivity index (χ1n) is 7.78. The lowest BCUT2D eigenvalue weighted by Crippen LogP contribution is -2.44. The van der Waals surface area contributed by atoms with Crippen molar-refractivity contribution in [2.45, 2.75) is 31.3 Å². The van der Waals surface area contributed by atoms with Gasteiger partial charge < -0.3 is 15.0 Å². The van der Waals surface area contributed by atoms with Crippen molar-refractivity contribution < 1.29 is 9.53 Å². The minimum Gasteiger partial charge on any atom is -0.497 e. The van der Waals surface area contributed by atoms with E-state index in [1.54, 1.807) is 13.4 Å². The van der Waals surface area contributed by atoms with Crippen molar-refractivity contribution in [3.05, 3.63) is 48.0 Å². The molecule has 6 heteroatoms. The topological polar surface area (TPSA) is 67.3 Å². The van der Waals surface area contributed by atoms with E-state index >= 15 is 0 Å². The van der Waals surface area contributed by atoms with Gasteiger partial charge in [0.25, 0.3) is 0 Å². The monoisotopic (exact) mass is 310 g/mol. The number of anilines is 1. The van der Waals surface area contributed by atoms with Crippen molar-refractivity contribution >= 4 is 11.7 Å². The smallest absolute Gasteiger partial charge is 0.322 e. The first-order valence-corrected chi connectivity index (χ1v) is 7.78. The van der Waals surface area contributed by atoms with E-state index in [0.29, 0.717) is 0 Å². The Morgan fingerprint density at radius 1 is 1.39 bits per heavy atom. The van der Waals surface area contributed by atoms with E-state index in [1.807, 2.05) is 35.4 Å². The van der Waals surface area contributed by atoms with Gasteiger partial charge in [0, 0.05) is 36.0 Å². The number of aromatic nitrogens is 2. The second-order valence-corrected chi connectivity index (χ2v) is 5.95. The Kier molecular flexibility index (Phi) is 3.37. The number of nitrogens with zero attached hydrogens (tertiary/aromatic N) is 3. The highest BCUT2D eigenvalue weighted by Gasteiger charge is 2.43. The lowest BCUT2D eigenvalue weighted by Gasteiger charge is -2.35. The fourth-order valence-electron chi connectivity index (χ4n) is 3.62. The lowest BCUT2D eigenvalue weighted by atomic mass is 10.00. The molecule has 1 fully saturated rings. The molecule has 1 aromatic carbocycles. The fourth-order valence-corrected chi connectivity index (χ4v) is 3.62. The van der Waals surface area contributed by atoms with Crippen LogP contribution in [-0.4, -0.2) is 34.1 Å². The number of benzene rings is 1. The summed E-state index contributed by atoms with van der Waals surface area (Å²) in [7, 11) is 1.61. The van der Waals surface area contributed by atoms with Gasteiger partial charge in [-0.1, -0.05) is 6.07 Å². The highest BCUT2D eigenvalue weighted by molar-refractivity contribution is 5.90. The number of fused-ring (bicyclic) bond motifs is 4. The predicted molar refractivity (Wildman–Crippen MR) is 85.4 cm³/mol. The molecule has 2 aliphatic rings. The minimum absolute atomic E-state index is 0.0692. The molecule has 2 atom stereocenters. The molecule has 6 nitrogen and oxygen atoms in total. The fraction of sp³-hybridized carbons (Fsp3) is 0.353. The average molecular weight is 310 g/mol. The van der Waals surface area contributed by atoms with E-state index in [2.05, 4.69) is 15.3 Å². The van der Waals surface area contributed by atoms with Gasteiger partial charge in [-0.05, 0) is 25.0 Å². The van der Waals surface area contributed by atoms with Gasteiger partial charge in [-0.15, -0.1) is 0 Å². The Balaban J connectivity index is 1.58. The quantitative estimate of drug-likeness (QED) is 0.926. The number of methoxy groups -OCH3 is 1. The minimum atomic E-state index is -0.0692. The van der Waals surface area contributed by atoms with Crippen LogP contribution < -0.4 is 10.1 Å². The van der Waals surface area contributed by atoms with Gasteiger partial charge in [-0.2, -0.15) is 0 Å². The zero-order valence-corrected chi connectivity index (χ0v) is 12.9. The van der Waals surface area contributed by atoms with Crippen LogP contribution in [0.15, 0.2) is 36.8 Å². The van der Waals surface area contributed by atoms with Crippen molar-refractivity contribution in [3.8, 4) is 5.75 Å². The van der Waals surface area contributed by atoms with E-state index < -0.39 is 0 Å². The van der Waals surface area contributed by atoms with Crippen LogP contribution in [0.4, 0.5) is 10.5 Å². The molecule has 2 aliphatic heterocycles. The van der Waals surface area contributed by atoms with Gasteiger partial charge in [0.05, 0.1) is 18.8 Å². The van der Waals surface area contributed by atoms with Gasteiger partial charge >= 0.3 is 6.03 Å². The van der Waals surface area contributed by atoms with E-state index in [4.69, 9.17) is 4.74 Å². The van der Waals surface area contributed by atoms with Crippen molar-refractivity contribution in [3.63, 3.8) is 0 Å². The van der Waals surface area contributed by atoms with Crippen molar-refractivity contribution in [2.75, 3.05) is 12.4 Å². The number of hydrogen-bond acceptors (Lipinski definition) is 4. The molecule has 0 aliphatic carbocycles. The Labute approximate surface area is 134 Å². The Hall–Kier alpha value is -2.63. The molecular formula is C17H18N4O2. The molecule has 4 rings (SSSR count). The van der Waals surface area contributed by atoms with Gasteiger partial charge in [0.1, 0.15) is 12.1 Å². The first-order chi connectivity index (χ1) is 11.3. The summed E-state index contributed by atoms with van der Waals surface area (Å²) in [5, 5.41) is 2.98. The Bertz CT molecular complexity index is 749. The summed E-state index contributed by atoms with van der Waals surface area (Å²) in [5.41, 5.74) is 2.91. The number of rotatable bonds is 2. The number of nitrogens with one attached hydrogen (secondary N) is 1. The van der Waals surface area contributed by atoms with Crippen LogP contribution in [0.25, 0.3) is 0 Å². The van der Waals surface area contributed by atoms with Gasteiger partial charge in [0.15, 0.2) is 0 Å². The molecule has 0 radical (unpaired) electrons. The van der Waals surface area contributed by atoms with Gasteiger partial charge in [0.2, 0.25) is 0 Å². The van der Waals surface area contributed by atoms with Crippen molar-refractivity contribution in [2.24, 2.45) is 0 Å². The van der Waals surface area contributed by atoms with E-state index in [9.17, 15) is 4.79 Å². The van der Waals surface area contributed by atoms with Gasteiger partial charge in [-0.3, -0.25) is 0 Å². The van der Waals surface area contributed by atoms with Crippen LogP contribution in [0.1, 0.15) is 30.1 Å². The summed E-state index contributed by atoms with van der Waals surface area (Å²) < 4.78 is 5.20. The summed E-state index contributed by atoms with van der Waals surface area (Å²) in [5.74, 6) is 0.725. The molecule has 1 aromatic heterocycles. The molecule has 1 N–H and O–H groups in total. The molecule has 0 spiro atoms. The summed E-state index contributed by atoms with van der Waals surface area (Å²) in [6.07, 6.45) is 6.22. The zero-order chi connectivity index (χ0) is 15.8. The third-order valence-corrected chi connectivity index (χ3v) is 4.67. The lowest BCUT2D eigenvalue weighted by molar-refractivity contribution is 0.178. The summed E-state index contributed by atoms with van der Waals surface area (Å²) >= 11 is 0. The van der Waals surface area contributed by atoms with Crippen molar-refractivity contribution in [1.29, 1.82) is 0 Å². The zero-order valence-electron chi connectivity index (χ0n) is 12.9. The number of urea groups is 1. The number of hydrogen-bond donors (Lipinski definition) is 1. The highest BCUT2D eigenvalue weighted by Crippen LogP contribution is 2.42.